The number of halogens is 1. The van der Waals surface area contributed by atoms with Crippen LogP contribution in [0.2, 0.25) is 0 Å². The Labute approximate surface area is 165 Å². The van der Waals surface area contributed by atoms with Gasteiger partial charge in [-0.15, -0.1) is 0 Å². The van der Waals surface area contributed by atoms with E-state index in [-0.39, 0.29) is 5.56 Å². The van der Waals surface area contributed by atoms with Gasteiger partial charge in [0, 0.05) is 24.3 Å². The standard InChI is InChI=1S/C22H18FN3O3/c1-3-26-12-17(21(27)16-11-14(29-2)5-7-20(16)26)22(28)25-19-8-9-24-18-6-4-13(23)10-15(18)19/h4-12H,3H2,1-2H3,(H,24,25,28). The van der Waals surface area contributed by atoms with Gasteiger partial charge in [0.2, 0.25) is 5.43 Å². The fourth-order valence-electron chi connectivity index (χ4n) is 3.34. The van der Waals surface area contributed by atoms with E-state index < -0.39 is 17.2 Å². The van der Waals surface area contributed by atoms with E-state index in [0.29, 0.717) is 39.8 Å². The first-order valence-electron chi connectivity index (χ1n) is 9.08. The van der Waals surface area contributed by atoms with Crippen molar-refractivity contribution >= 4 is 33.4 Å². The topological polar surface area (TPSA) is 73.2 Å². The number of aryl methyl sites for hydroxylation is 1. The smallest absolute Gasteiger partial charge is 0.261 e. The molecule has 0 saturated heterocycles. The molecule has 4 rings (SSSR count). The van der Waals surface area contributed by atoms with Crippen LogP contribution >= 0.6 is 0 Å². The van der Waals surface area contributed by atoms with Crippen molar-refractivity contribution in [1.29, 1.82) is 0 Å². The molecule has 0 aliphatic carbocycles. The Balaban J connectivity index is 1.83. The summed E-state index contributed by atoms with van der Waals surface area (Å²) in [6.07, 6.45) is 3.06. The number of fused-ring (bicyclic) bond motifs is 2. The van der Waals surface area contributed by atoms with E-state index in [4.69, 9.17) is 4.74 Å². The van der Waals surface area contributed by atoms with Crippen LogP contribution in [0.4, 0.5) is 10.1 Å². The van der Waals surface area contributed by atoms with Gasteiger partial charge in [0.05, 0.1) is 29.2 Å². The number of aromatic nitrogens is 2. The number of ether oxygens (including phenoxy) is 1. The molecule has 7 heteroatoms. The van der Waals surface area contributed by atoms with Gasteiger partial charge in [-0.05, 0) is 49.4 Å². The van der Waals surface area contributed by atoms with Crippen molar-refractivity contribution in [3.8, 4) is 5.75 Å². The summed E-state index contributed by atoms with van der Waals surface area (Å²) >= 11 is 0. The molecule has 0 aliphatic heterocycles. The number of nitrogens with one attached hydrogen (secondary N) is 1. The van der Waals surface area contributed by atoms with Gasteiger partial charge in [0.25, 0.3) is 5.91 Å². The summed E-state index contributed by atoms with van der Waals surface area (Å²) in [5.74, 6) is -0.476. The van der Waals surface area contributed by atoms with Gasteiger partial charge >= 0.3 is 0 Å². The molecule has 2 aromatic heterocycles. The minimum Gasteiger partial charge on any atom is -0.497 e. The largest absolute Gasteiger partial charge is 0.497 e. The van der Waals surface area contributed by atoms with Crippen molar-refractivity contribution in [1.82, 2.24) is 9.55 Å². The highest BCUT2D eigenvalue weighted by molar-refractivity contribution is 6.09. The fraction of sp³-hybridized carbons (Fsp3) is 0.136. The van der Waals surface area contributed by atoms with Crippen molar-refractivity contribution < 1.29 is 13.9 Å². The number of amides is 1. The number of pyridine rings is 2. The summed E-state index contributed by atoms with van der Waals surface area (Å²) < 4.78 is 20.7. The number of hydrogen-bond acceptors (Lipinski definition) is 4. The van der Waals surface area contributed by atoms with E-state index in [1.165, 1.54) is 37.7 Å². The number of benzene rings is 2. The van der Waals surface area contributed by atoms with Crippen LogP contribution in [0, 0.1) is 5.82 Å². The third-order valence-corrected chi connectivity index (χ3v) is 4.82. The maximum Gasteiger partial charge on any atom is 0.261 e. The highest BCUT2D eigenvalue weighted by atomic mass is 19.1. The molecule has 4 aromatic rings. The number of rotatable bonds is 4. The summed E-state index contributed by atoms with van der Waals surface area (Å²) in [4.78, 5) is 30.1. The third-order valence-electron chi connectivity index (χ3n) is 4.82. The van der Waals surface area contributed by atoms with E-state index in [0.717, 1.165) is 0 Å². The van der Waals surface area contributed by atoms with Crippen molar-refractivity contribution in [2.75, 3.05) is 12.4 Å². The minimum absolute atomic E-state index is 0.00558. The second kappa shape index (κ2) is 7.35. The molecule has 0 radical (unpaired) electrons. The Morgan fingerprint density at radius 1 is 1.17 bits per heavy atom. The average Bonchev–Trinajstić information content (AvgIpc) is 2.74. The number of nitrogens with zero attached hydrogens (tertiary/aromatic N) is 2. The summed E-state index contributed by atoms with van der Waals surface area (Å²) in [5, 5.41) is 3.57. The van der Waals surface area contributed by atoms with E-state index >= 15 is 0 Å². The van der Waals surface area contributed by atoms with Gasteiger partial charge in [0.1, 0.15) is 17.1 Å². The second-order valence-electron chi connectivity index (χ2n) is 6.52. The zero-order valence-corrected chi connectivity index (χ0v) is 15.9. The average molecular weight is 391 g/mol. The lowest BCUT2D eigenvalue weighted by Crippen LogP contribution is -2.24. The molecule has 29 heavy (non-hydrogen) atoms. The van der Waals surface area contributed by atoms with Crippen molar-refractivity contribution in [3.63, 3.8) is 0 Å². The zero-order chi connectivity index (χ0) is 20.5. The molecule has 2 aromatic carbocycles. The van der Waals surface area contributed by atoms with Crippen LogP contribution in [0.15, 0.2) is 59.7 Å². The number of carbonyl (C=O) groups excluding carboxylic acids is 1. The first kappa shape index (κ1) is 18.6. The lowest BCUT2D eigenvalue weighted by molar-refractivity contribution is 0.102. The Morgan fingerprint density at radius 2 is 2.00 bits per heavy atom. The summed E-state index contributed by atoms with van der Waals surface area (Å²) in [5.41, 5.74) is 1.23. The van der Waals surface area contributed by atoms with Crippen molar-refractivity contribution in [2.45, 2.75) is 13.5 Å². The van der Waals surface area contributed by atoms with E-state index in [1.807, 2.05) is 11.5 Å². The van der Waals surface area contributed by atoms with Gasteiger partial charge in [0.15, 0.2) is 0 Å². The van der Waals surface area contributed by atoms with Crippen LogP contribution in [0.5, 0.6) is 5.75 Å². The van der Waals surface area contributed by atoms with Crippen LogP contribution in [0.3, 0.4) is 0 Å². The zero-order valence-electron chi connectivity index (χ0n) is 15.9. The molecule has 0 fully saturated rings. The Bertz CT molecular complexity index is 1310. The van der Waals surface area contributed by atoms with Gasteiger partial charge < -0.3 is 14.6 Å². The molecule has 0 aliphatic rings. The first-order chi connectivity index (χ1) is 14.0. The van der Waals surface area contributed by atoms with Crippen LogP contribution in [0.1, 0.15) is 17.3 Å². The Kier molecular flexibility index (Phi) is 4.72. The lowest BCUT2D eigenvalue weighted by atomic mass is 10.1. The SMILES string of the molecule is CCn1cc(C(=O)Nc2ccnc3ccc(F)cc23)c(=O)c2cc(OC)ccc21. The van der Waals surface area contributed by atoms with E-state index in [1.54, 1.807) is 24.3 Å². The number of anilines is 1. The van der Waals surface area contributed by atoms with Gasteiger partial charge in [-0.1, -0.05) is 0 Å². The molecule has 146 valence electrons. The maximum atomic E-state index is 13.7. The molecule has 6 nitrogen and oxygen atoms in total. The highest BCUT2D eigenvalue weighted by Crippen LogP contribution is 2.24. The van der Waals surface area contributed by atoms with Gasteiger partial charge in [-0.3, -0.25) is 14.6 Å². The normalized spacial score (nSPS) is 11.0. The Hall–Kier alpha value is -3.74. The summed E-state index contributed by atoms with van der Waals surface area (Å²) in [6.45, 7) is 2.50. The number of hydrogen-bond donors (Lipinski definition) is 1. The number of methoxy groups -OCH3 is 1. The highest BCUT2D eigenvalue weighted by Gasteiger charge is 2.17. The lowest BCUT2D eigenvalue weighted by Gasteiger charge is -2.13. The molecule has 2 heterocycles. The summed E-state index contributed by atoms with van der Waals surface area (Å²) in [7, 11) is 1.52. The van der Waals surface area contributed by atoms with Crippen LogP contribution in [-0.4, -0.2) is 22.6 Å². The van der Waals surface area contributed by atoms with Crippen LogP contribution < -0.4 is 15.5 Å². The van der Waals surface area contributed by atoms with E-state index in [9.17, 15) is 14.0 Å². The van der Waals surface area contributed by atoms with Crippen molar-refractivity contribution in [3.05, 3.63) is 76.5 Å². The van der Waals surface area contributed by atoms with Crippen LogP contribution in [-0.2, 0) is 6.54 Å². The predicted octanol–water partition coefficient (Wildman–Crippen LogP) is 3.97. The third kappa shape index (κ3) is 3.31. The minimum atomic E-state index is -0.571. The first-order valence-corrected chi connectivity index (χ1v) is 9.08. The molecule has 0 atom stereocenters. The molecular formula is C22H18FN3O3. The molecule has 0 spiro atoms. The maximum absolute atomic E-state index is 13.7. The molecule has 1 N–H and O–H groups in total. The molecule has 0 bridgehead atoms. The quantitative estimate of drug-likeness (QED) is 0.571. The summed E-state index contributed by atoms with van der Waals surface area (Å²) in [6, 6.07) is 10.9. The predicted molar refractivity (Wildman–Crippen MR) is 110 cm³/mol. The second-order valence-corrected chi connectivity index (χ2v) is 6.52. The van der Waals surface area contributed by atoms with E-state index in [2.05, 4.69) is 10.3 Å². The number of carbonyl (C=O) groups is 1. The van der Waals surface area contributed by atoms with Gasteiger partial charge in [-0.25, -0.2) is 4.39 Å². The fourth-order valence-corrected chi connectivity index (χ4v) is 3.34. The molecule has 1 amide bonds. The molecule has 0 unspecified atom stereocenters. The molecular weight excluding hydrogens is 373 g/mol. The Morgan fingerprint density at radius 3 is 2.76 bits per heavy atom. The van der Waals surface area contributed by atoms with Crippen molar-refractivity contribution in [2.24, 2.45) is 0 Å². The van der Waals surface area contributed by atoms with Gasteiger partial charge in [-0.2, -0.15) is 0 Å². The monoisotopic (exact) mass is 391 g/mol. The molecule has 0 saturated carbocycles. The van der Waals surface area contributed by atoms with Crippen LogP contribution in [0.25, 0.3) is 21.8 Å².